The van der Waals surface area contributed by atoms with Crippen LogP contribution in [0.25, 0.3) is 11.4 Å². The van der Waals surface area contributed by atoms with Crippen molar-refractivity contribution < 1.29 is 4.74 Å². The molecule has 0 unspecified atom stereocenters. The van der Waals surface area contributed by atoms with Crippen molar-refractivity contribution >= 4 is 0 Å². The first-order valence-corrected chi connectivity index (χ1v) is 6.07. The maximum Gasteiger partial charge on any atom is 0.216 e. The minimum Gasteiger partial charge on any atom is -0.481 e. The fourth-order valence-corrected chi connectivity index (χ4v) is 2.33. The molecule has 1 aromatic carbocycles. The summed E-state index contributed by atoms with van der Waals surface area (Å²) in [6.45, 7) is 1.93. The Morgan fingerprint density at radius 3 is 3.11 bits per heavy atom. The van der Waals surface area contributed by atoms with Crippen LogP contribution in [0.15, 0.2) is 30.5 Å². The minimum atomic E-state index is 0.603. The first-order chi connectivity index (χ1) is 8.88. The lowest BCUT2D eigenvalue weighted by atomic mass is 9.95. The molecule has 0 saturated carbocycles. The van der Waals surface area contributed by atoms with Crippen LogP contribution in [-0.2, 0) is 13.0 Å². The summed E-state index contributed by atoms with van der Waals surface area (Å²) in [5, 5.41) is 3.38. The standard InChI is InChI=1S/C14H15N3O/c1-18-13-6-8-16-14(17-13)12-4-2-3-10-9-15-7-5-11(10)12/h2-4,6,8,15H,5,7,9H2,1H3. The van der Waals surface area contributed by atoms with E-state index in [0.717, 1.165) is 30.9 Å². The lowest BCUT2D eigenvalue weighted by Gasteiger charge is -2.19. The third kappa shape index (κ3) is 1.95. The average Bonchev–Trinajstić information content (AvgIpc) is 2.47. The van der Waals surface area contributed by atoms with Crippen molar-refractivity contribution in [2.75, 3.05) is 13.7 Å². The quantitative estimate of drug-likeness (QED) is 0.871. The van der Waals surface area contributed by atoms with Gasteiger partial charge >= 0.3 is 0 Å². The van der Waals surface area contributed by atoms with Gasteiger partial charge in [-0.15, -0.1) is 0 Å². The third-order valence-corrected chi connectivity index (χ3v) is 3.22. The van der Waals surface area contributed by atoms with Gasteiger partial charge in [-0.2, -0.15) is 4.98 Å². The van der Waals surface area contributed by atoms with E-state index in [1.165, 1.54) is 11.1 Å². The molecule has 1 N–H and O–H groups in total. The Balaban J connectivity index is 2.10. The van der Waals surface area contributed by atoms with E-state index in [4.69, 9.17) is 4.74 Å². The first kappa shape index (κ1) is 11.2. The number of methoxy groups -OCH3 is 1. The Morgan fingerprint density at radius 1 is 1.28 bits per heavy atom. The fourth-order valence-electron chi connectivity index (χ4n) is 2.33. The molecular weight excluding hydrogens is 226 g/mol. The molecule has 1 aliphatic rings. The van der Waals surface area contributed by atoms with Gasteiger partial charge < -0.3 is 10.1 Å². The largest absolute Gasteiger partial charge is 0.481 e. The number of ether oxygens (including phenoxy) is 1. The van der Waals surface area contributed by atoms with E-state index >= 15 is 0 Å². The first-order valence-electron chi connectivity index (χ1n) is 6.07. The van der Waals surface area contributed by atoms with Gasteiger partial charge in [-0.1, -0.05) is 18.2 Å². The highest BCUT2D eigenvalue weighted by Gasteiger charge is 2.15. The second kappa shape index (κ2) is 4.74. The zero-order valence-electron chi connectivity index (χ0n) is 10.3. The van der Waals surface area contributed by atoms with E-state index in [-0.39, 0.29) is 0 Å². The number of hydrogen-bond acceptors (Lipinski definition) is 4. The molecule has 0 radical (unpaired) electrons. The summed E-state index contributed by atoms with van der Waals surface area (Å²) in [4.78, 5) is 8.77. The molecule has 0 fully saturated rings. The molecule has 0 amide bonds. The summed E-state index contributed by atoms with van der Waals surface area (Å²) in [7, 11) is 1.62. The fraction of sp³-hybridized carbons (Fsp3) is 0.286. The number of nitrogens with zero attached hydrogens (tertiary/aromatic N) is 2. The van der Waals surface area contributed by atoms with Gasteiger partial charge in [0.1, 0.15) is 0 Å². The molecule has 0 atom stereocenters. The van der Waals surface area contributed by atoms with Gasteiger partial charge in [0.05, 0.1) is 7.11 Å². The zero-order valence-corrected chi connectivity index (χ0v) is 10.3. The van der Waals surface area contributed by atoms with Gasteiger partial charge in [0.2, 0.25) is 5.88 Å². The molecule has 4 nitrogen and oxygen atoms in total. The second-order valence-corrected chi connectivity index (χ2v) is 4.29. The predicted octanol–water partition coefficient (Wildman–Crippen LogP) is 1.80. The SMILES string of the molecule is COc1ccnc(-c2cccc3c2CCNC3)n1. The molecule has 4 heteroatoms. The highest BCUT2D eigenvalue weighted by molar-refractivity contribution is 5.63. The van der Waals surface area contributed by atoms with Crippen LogP contribution in [0.4, 0.5) is 0 Å². The van der Waals surface area contributed by atoms with Crippen LogP contribution in [0, 0.1) is 0 Å². The normalized spacial score (nSPS) is 14.1. The molecule has 1 aliphatic heterocycles. The smallest absolute Gasteiger partial charge is 0.216 e. The molecular formula is C14H15N3O. The summed E-state index contributed by atoms with van der Waals surface area (Å²) in [5.74, 6) is 1.35. The molecule has 2 aromatic rings. The van der Waals surface area contributed by atoms with E-state index in [1.807, 2.05) is 0 Å². The van der Waals surface area contributed by atoms with Gasteiger partial charge in [-0.25, -0.2) is 4.98 Å². The maximum absolute atomic E-state index is 5.16. The second-order valence-electron chi connectivity index (χ2n) is 4.29. The van der Waals surface area contributed by atoms with E-state index in [0.29, 0.717) is 5.88 Å². The van der Waals surface area contributed by atoms with Crippen LogP contribution in [0.5, 0.6) is 5.88 Å². The number of benzene rings is 1. The topological polar surface area (TPSA) is 47.0 Å². The number of hydrogen-bond donors (Lipinski definition) is 1. The number of fused-ring (bicyclic) bond motifs is 1. The molecule has 2 heterocycles. The van der Waals surface area contributed by atoms with Crippen LogP contribution >= 0.6 is 0 Å². The van der Waals surface area contributed by atoms with Crippen molar-refractivity contribution in [2.24, 2.45) is 0 Å². The van der Waals surface area contributed by atoms with Gasteiger partial charge in [-0.3, -0.25) is 0 Å². The summed E-state index contributed by atoms with van der Waals surface area (Å²) in [6.07, 6.45) is 2.76. The molecule has 0 saturated heterocycles. The molecule has 1 aromatic heterocycles. The Hall–Kier alpha value is -1.94. The summed E-state index contributed by atoms with van der Waals surface area (Å²) >= 11 is 0. The van der Waals surface area contributed by atoms with Crippen molar-refractivity contribution in [1.82, 2.24) is 15.3 Å². The van der Waals surface area contributed by atoms with Crippen LogP contribution < -0.4 is 10.1 Å². The maximum atomic E-state index is 5.16. The lowest BCUT2D eigenvalue weighted by molar-refractivity contribution is 0.397. The number of aromatic nitrogens is 2. The highest BCUT2D eigenvalue weighted by Crippen LogP contribution is 2.26. The van der Waals surface area contributed by atoms with Crippen molar-refractivity contribution in [2.45, 2.75) is 13.0 Å². The van der Waals surface area contributed by atoms with Crippen LogP contribution in [-0.4, -0.2) is 23.6 Å². The Kier molecular flexibility index (Phi) is 2.94. The molecule has 0 bridgehead atoms. The summed E-state index contributed by atoms with van der Waals surface area (Å²) < 4.78 is 5.16. The van der Waals surface area contributed by atoms with Gasteiger partial charge in [0, 0.05) is 24.4 Å². The highest BCUT2D eigenvalue weighted by atomic mass is 16.5. The minimum absolute atomic E-state index is 0.603. The Labute approximate surface area is 106 Å². The average molecular weight is 241 g/mol. The van der Waals surface area contributed by atoms with E-state index < -0.39 is 0 Å². The van der Waals surface area contributed by atoms with Crippen molar-refractivity contribution in [3.05, 3.63) is 41.6 Å². The molecule has 18 heavy (non-hydrogen) atoms. The van der Waals surface area contributed by atoms with Gasteiger partial charge in [0.15, 0.2) is 5.82 Å². The zero-order chi connectivity index (χ0) is 12.4. The Bertz CT molecular complexity index is 569. The van der Waals surface area contributed by atoms with Crippen molar-refractivity contribution in [3.63, 3.8) is 0 Å². The van der Waals surface area contributed by atoms with E-state index in [1.54, 1.807) is 19.4 Å². The van der Waals surface area contributed by atoms with E-state index in [9.17, 15) is 0 Å². The molecule has 0 spiro atoms. The lowest BCUT2D eigenvalue weighted by Crippen LogP contribution is -2.24. The molecule has 3 rings (SSSR count). The van der Waals surface area contributed by atoms with Crippen LogP contribution in [0.1, 0.15) is 11.1 Å². The molecule has 0 aliphatic carbocycles. The van der Waals surface area contributed by atoms with Crippen molar-refractivity contribution in [3.8, 4) is 17.3 Å². The van der Waals surface area contributed by atoms with E-state index in [2.05, 4.69) is 33.5 Å². The Morgan fingerprint density at radius 2 is 2.22 bits per heavy atom. The van der Waals surface area contributed by atoms with Gasteiger partial charge in [-0.05, 0) is 24.1 Å². The summed E-state index contributed by atoms with van der Waals surface area (Å²) in [6, 6.07) is 8.06. The monoisotopic (exact) mass is 241 g/mol. The number of rotatable bonds is 2. The predicted molar refractivity (Wildman–Crippen MR) is 69.4 cm³/mol. The number of nitrogens with one attached hydrogen (secondary N) is 1. The molecule has 92 valence electrons. The van der Waals surface area contributed by atoms with Gasteiger partial charge in [0.25, 0.3) is 0 Å². The van der Waals surface area contributed by atoms with Crippen molar-refractivity contribution in [1.29, 1.82) is 0 Å². The third-order valence-electron chi connectivity index (χ3n) is 3.22. The summed E-state index contributed by atoms with van der Waals surface area (Å²) in [5.41, 5.74) is 3.81. The van der Waals surface area contributed by atoms with Crippen LogP contribution in [0.3, 0.4) is 0 Å². The van der Waals surface area contributed by atoms with Crippen LogP contribution in [0.2, 0.25) is 0 Å².